The molecule has 5 nitrogen and oxygen atoms in total. The van der Waals surface area contributed by atoms with E-state index in [0.29, 0.717) is 13.1 Å². The lowest BCUT2D eigenvalue weighted by Crippen LogP contribution is -2.56. The summed E-state index contributed by atoms with van der Waals surface area (Å²) in [5, 5.41) is 6.00. The highest BCUT2D eigenvalue weighted by Gasteiger charge is 2.35. The summed E-state index contributed by atoms with van der Waals surface area (Å²) >= 11 is 0. The summed E-state index contributed by atoms with van der Waals surface area (Å²) in [7, 11) is 0. The molecule has 2 N–H and O–H groups in total. The number of carbonyl (C=O) groups is 2. The van der Waals surface area contributed by atoms with Gasteiger partial charge in [0, 0.05) is 19.1 Å². The maximum atomic E-state index is 12.7. The smallest absolute Gasteiger partial charge is 0.318 e. The van der Waals surface area contributed by atoms with Crippen LogP contribution in [0.2, 0.25) is 0 Å². The van der Waals surface area contributed by atoms with Crippen molar-refractivity contribution < 1.29 is 9.59 Å². The molecule has 1 saturated heterocycles. The zero-order valence-corrected chi connectivity index (χ0v) is 13.7. The van der Waals surface area contributed by atoms with Gasteiger partial charge in [-0.15, -0.1) is 0 Å². The van der Waals surface area contributed by atoms with Crippen molar-refractivity contribution in [2.45, 2.75) is 51.1 Å². The van der Waals surface area contributed by atoms with E-state index in [4.69, 9.17) is 0 Å². The molecular formula is C18H25N3O2. The number of nitrogens with zero attached hydrogens (tertiary/aromatic N) is 1. The second-order valence-corrected chi connectivity index (χ2v) is 6.58. The number of urea groups is 1. The third-order valence-electron chi connectivity index (χ3n) is 4.80. The SMILES string of the molecule is Cc1ccc(C2C(=O)NCCN2C(=O)NC2CCCCC2)cc1. The van der Waals surface area contributed by atoms with Crippen LogP contribution in [0.5, 0.6) is 0 Å². The lowest BCUT2D eigenvalue weighted by molar-refractivity contribution is -0.127. The van der Waals surface area contributed by atoms with E-state index in [-0.39, 0.29) is 18.0 Å². The van der Waals surface area contributed by atoms with Crippen LogP contribution in [0.15, 0.2) is 24.3 Å². The van der Waals surface area contributed by atoms with Gasteiger partial charge in [-0.25, -0.2) is 4.79 Å². The molecule has 1 atom stereocenters. The average molecular weight is 315 g/mol. The molecule has 0 spiro atoms. The topological polar surface area (TPSA) is 61.4 Å². The summed E-state index contributed by atoms with van der Waals surface area (Å²) in [6, 6.07) is 7.44. The fraction of sp³-hybridized carbons (Fsp3) is 0.556. The molecule has 0 aromatic heterocycles. The van der Waals surface area contributed by atoms with E-state index < -0.39 is 6.04 Å². The number of aryl methyl sites for hydroxylation is 1. The summed E-state index contributed by atoms with van der Waals surface area (Å²) in [6.07, 6.45) is 5.69. The fourth-order valence-corrected chi connectivity index (χ4v) is 3.47. The summed E-state index contributed by atoms with van der Waals surface area (Å²) in [4.78, 5) is 26.7. The molecule has 0 bridgehead atoms. The summed E-state index contributed by atoms with van der Waals surface area (Å²) in [5.41, 5.74) is 2.01. The van der Waals surface area contributed by atoms with E-state index in [1.165, 1.54) is 19.3 Å². The van der Waals surface area contributed by atoms with Gasteiger partial charge in [0.25, 0.3) is 0 Å². The zero-order valence-electron chi connectivity index (χ0n) is 13.7. The first kappa shape index (κ1) is 15.8. The van der Waals surface area contributed by atoms with E-state index in [2.05, 4.69) is 10.6 Å². The van der Waals surface area contributed by atoms with Crippen LogP contribution in [-0.2, 0) is 4.79 Å². The highest BCUT2D eigenvalue weighted by atomic mass is 16.2. The minimum atomic E-state index is -0.534. The maximum absolute atomic E-state index is 12.7. The fourth-order valence-electron chi connectivity index (χ4n) is 3.47. The Kier molecular flexibility index (Phi) is 4.84. The normalized spacial score (nSPS) is 22.6. The predicted octanol–water partition coefficient (Wildman–Crippen LogP) is 2.51. The van der Waals surface area contributed by atoms with E-state index in [9.17, 15) is 9.59 Å². The summed E-state index contributed by atoms with van der Waals surface area (Å²) < 4.78 is 0. The Morgan fingerprint density at radius 3 is 2.57 bits per heavy atom. The maximum Gasteiger partial charge on any atom is 0.318 e. The molecule has 1 heterocycles. The van der Waals surface area contributed by atoms with Crippen molar-refractivity contribution in [3.63, 3.8) is 0 Å². The molecule has 1 aliphatic heterocycles. The van der Waals surface area contributed by atoms with Crippen LogP contribution in [-0.4, -0.2) is 36.0 Å². The van der Waals surface area contributed by atoms with Gasteiger partial charge in [0.1, 0.15) is 6.04 Å². The van der Waals surface area contributed by atoms with Crippen LogP contribution in [0, 0.1) is 6.92 Å². The number of rotatable bonds is 2. The van der Waals surface area contributed by atoms with Gasteiger partial charge in [-0.2, -0.15) is 0 Å². The monoisotopic (exact) mass is 315 g/mol. The van der Waals surface area contributed by atoms with Gasteiger partial charge in [0.2, 0.25) is 5.91 Å². The number of hydrogen-bond acceptors (Lipinski definition) is 2. The van der Waals surface area contributed by atoms with Crippen LogP contribution in [0.1, 0.15) is 49.3 Å². The molecule has 5 heteroatoms. The van der Waals surface area contributed by atoms with Crippen molar-refractivity contribution in [2.75, 3.05) is 13.1 Å². The molecule has 1 aromatic rings. The molecule has 1 saturated carbocycles. The van der Waals surface area contributed by atoms with E-state index in [0.717, 1.165) is 24.0 Å². The van der Waals surface area contributed by atoms with Crippen LogP contribution < -0.4 is 10.6 Å². The minimum absolute atomic E-state index is 0.0982. The van der Waals surface area contributed by atoms with Crippen molar-refractivity contribution >= 4 is 11.9 Å². The summed E-state index contributed by atoms with van der Waals surface area (Å²) in [6.45, 7) is 3.07. The molecule has 1 unspecified atom stereocenters. The van der Waals surface area contributed by atoms with E-state index in [1.807, 2.05) is 31.2 Å². The Morgan fingerprint density at radius 2 is 1.87 bits per heavy atom. The van der Waals surface area contributed by atoms with Gasteiger partial charge in [-0.1, -0.05) is 49.1 Å². The Morgan fingerprint density at radius 1 is 1.17 bits per heavy atom. The van der Waals surface area contributed by atoms with Crippen molar-refractivity contribution in [2.24, 2.45) is 0 Å². The first-order chi connectivity index (χ1) is 11.1. The number of piperazine rings is 1. The Hall–Kier alpha value is -2.04. The highest BCUT2D eigenvalue weighted by Crippen LogP contribution is 2.25. The minimum Gasteiger partial charge on any atom is -0.352 e. The largest absolute Gasteiger partial charge is 0.352 e. The number of amides is 3. The molecule has 23 heavy (non-hydrogen) atoms. The lowest BCUT2D eigenvalue weighted by atomic mass is 9.95. The average Bonchev–Trinajstić information content (AvgIpc) is 2.56. The van der Waals surface area contributed by atoms with Gasteiger partial charge >= 0.3 is 6.03 Å². The molecular weight excluding hydrogens is 290 g/mol. The molecule has 1 aliphatic carbocycles. The van der Waals surface area contributed by atoms with Gasteiger partial charge in [-0.3, -0.25) is 4.79 Å². The molecule has 124 valence electrons. The second kappa shape index (κ2) is 7.02. The van der Waals surface area contributed by atoms with Gasteiger partial charge in [-0.05, 0) is 25.3 Å². The third-order valence-corrected chi connectivity index (χ3v) is 4.80. The third kappa shape index (κ3) is 3.66. The number of benzene rings is 1. The Balaban J connectivity index is 1.75. The number of carbonyl (C=O) groups excluding carboxylic acids is 2. The summed E-state index contributed by atoms with van der Waals surface area (Å²) in [5.74, 6) is -0.0982. The first-order valence-corrected chi connectivity index (χ1v) is 8.56. The number of hydrogen-bond donors (Lipinski definition) is 2. The van der Waals surface area contributed by atoms with Crippen LogP contribution in [0.4, 0.5) is 4.79 Å². The lowest BCUT2D eigenvalue weighted by Gasteiger charge is -2.36. The molecule has 1 aromatic carbocycles. The van der Waals surface area contributed by atoms with Crippen LogP contribution >= 0.6 is 0 Å². The molecule has 0 radical (unpaired) electrons. The first-order valence-electron chi connectivity index (χ1n) is 8.56. The molecule has 2 fully saturated rings. The standard InChI is InChI=1S/C18H25N3O2/c1-13-7-9-14(10-8-13)16-17(22)19-11-12-21(16)18(23)20-15-5-3-2-4-6-15/h7-10,15-16H,2-6,11-12H2,1H3,(H,19,22)(H,20,23). The van der Waals surface area contributed by atoms with Crippen LogP contribution in [0.25, 0.3) is 0 Å². The Bertz CT molecular complexity index is 564. The van der Waals surface area contributed by atoms with Gasteiger partial charge < -0.3 is 15.5 Å². The van der Waals surface area contributed by atoms with Gasteiger partial charge in [0.15, 0.2) is 0 Å². The predicted molar refractivity (Wildman–Crippen MR) is 89.0 cm³/mol. The molecule has 2 aliphatic rings. The van der Waals surface area contributed by atoms with Crippen molar-refractivity contribution in [1.82, 2.24) is 15.5 Å². The van der Waals surface area contributed by atoms with E-state index in [1.54, 1.807) is 4.90 Å². The Labute approximate surface area is 137 Å². The highest BCUT2D eigenvalue weighted by molar-refractivity contribution is 5.89. The molecule has 3 rings (SSSR count). The van der Waals surface area contributed by atoms with Gasteiger partial charge in [0.05, 0.1) is 0 Å². The van der Waals surface area contributed by atoms with Crippen molar-refractivity contribution in [3.05, 3.63) is 35.4 Å². The van der Waals surface area contributed by atoms with Crippen molar-refractivity contribution in [1.29, 1.82) is 0 Å². The quantitative estimate of drug-likeness (QED) is 0.881. The second-order valence-electron chi connectivity index (χ2n) is 6.58. The van der Waals surface area contributed by atoms with E-state index >= 15 is 0 Å². The zero-order chi connectivity index (χ0) is 16.2. The van der Waals surface area contributed by atoms with Crippen molar-refractivity contribution in [3.8, 4) is 0 Å². The van der Waals surface area contributed by atoms with Crippen LogP contribution in [0.3, 0.4) is 0 Å². The number of nitrogens with one attached hydrogen (secondary N) is 2. The molecule has 3 amide bonds.